The summed E-state index contributed by atoms with van der Waals surface area (Å²) < 4.78 is 14.1. The van der Waals surface area contributed by atoms with Crippen LogP contribution in [0.4, 0.5) is 4.39 Å². The summed E-state index contributed by atoms with van der Waals surface area (Å²) in [5, 5.41) is 1.17. The maximum Gasteiger partial charge on any atom is 0.149 e. The van der Waals surface area contributed by atoms with E-state index in [1.165, 1.54) is 6.07 Å². The van der Waals surface area contributed by atoms with Gasteiger partial charge >= 0.3 is 0 Å². The lowest BCUT2D eigenvalue weighted by Crippen LogP contribution is -1.88. The Morgan fingerprint density at radius 2 is 2.14 bits per heavy atom. The largest absolute Gasteiger partial charge is 0.253 e. The van der Waals surface area contributed by atoms with Crippen LogP contribution in [0.3, 0.4) is 0 Å². The van der Waals surface area contributed by atoms with Gasteiger partial charge in [-0.25, -0.2) is 4.39 Å². The normalized spacial score (nSPS) is 10.9. The molecule has 0 spiro atoms. The third-order valence-corrected chi connectivity index (χ3v) is 3.18. The van der Waals surface area contributed by atoms with Gasteiger partial charge in [-0.1, -0.05) is 27.5 Å². The quantitative estimate of drug-likeness (QED) is 0.705. The van der Waals surface area contributed by atoms with Gasteiger partial charge in [-0.05, 0) is 24.6 Å². The summed E-state index contributed by atoms with van der Waals surface area (Å²) in [4.78, 5) is 4.01. The van der Waals surface area contributed by atoms with Crippen LogP contribution in [0.25, 0.3) is 10.9 Å². The molecule has 0 aliphatic rings. The molecule has 0 amide bonds. The number of hydrogen-bond acceptors (Lipinski definition) is 1. The highest BCUT2D eigenvalue weighted by molar-refractivity contribution is 9.10. The summed E-state index contributed by atoms with van der Waals surface area (Å²) in [6.07, 6.45) is 1.57. The monoisotopic (exact) mass is 273 g/mol. The summed E-state index contributed by atoms with van der Waals surface area (Å²) in [5.74, 6) is -0.356. The van der Waals surface area contributed by atoms with Crippen molar-refractivity contribution in [1.82, 2.24) is 4.98 Å². The van der Waals surface area contributed by atoms with E-state index < -0.39 is 0 Å². The molecule has 1 nitrogen and oxygen atoms in total. The van der Waals surface area contributed by atoms with Crippen molar-refractivity contribution in [1.29, 1.82) is 0 Å². The zero-order valence-corrected chi connectivity index (χ0v) is 9.66. The fraction of sp³-hybridized carbons (Fsp3) is 0.100. The molecule has 0 bridgehead atoms. The van der Waals surface area contributed by atoms with Crippen LogP contribution in [0.1, 0.15) is 5.56 Å². The minimum absolute atomic E-state index is 0.301. The van der Waals surface area contributed by atoms with Gasteiger partial charge in [0.25, 0.3) is 0 Å². The van der Waals surface area contributed by atoms with Crippen LogP contribution in [0.15, 0.2) is 22.8 Å². The predicted molar refractivity (Wildman–Crippen MR) is 59.1 cm³/mol. The first-order valence-electron chi connectivity index (χ1n) is 4.00. The molecule has 0 atom stereocenters. The Balaban J connectivity index is 3.01. The lowest BCUT2D eigenvalue weighted by molar-refractivity contribution is 0.636. The number of halogens is 3. The zero-order valence-electron chi connectivity index (χ0n) is 7.31. The zero-order chi connectivity index (χ0) is 10.3. The summed E-state index contributed by atoms with van der Waals surface area (Å²) >= 11 is 9.39. The second-order valence-corrected chi connectivity index (χ2v) is 4.24. The summed E-state index contributed by atoms with van der Waals surface area (Å²) in [5.41, 5.74) is 1.14. The maximum absolute atomic E-state index is 13.3. The summed E-state index contributed by atoms with van der Waals surface area (Å²) in [6.45, 7) is 1.84. The van der Waals surface area contributed by atoms with Gasteiger partial charge in [0.15, 0.2) is 0 Å². The van der Waals surface area contributed by atoms with Crippen molar-refractivity contribution in [3.05, 3.63) is 39.2 Å². The van der Waals surface area contributed by atoms with E-state index in [0.29, 0.717) is 15.9 Å². The number of benzene rings is 1. The number of fused-ring (bicyclic) bond motifs is 1. The molecule has 0 aliphatic carbocycles. The van der Waals surface area contributed by atoms with E-state index in [4.69, 9.17) is 11.6 Å². The molecule has 0 radical (unpaired) electrons. The van der Waals surface area contributed by atoms with E-state index in [-0.39, 0.29) is 5.82 Å². The fourth-order valence-electron chi connectivity index (χ4n) is 1.29. The van der Waals surface area contributed by atoms with Gasteiger partial charge < -0.3 is 0 Å². The minimum atomic E-state index is -0.356. The van der Waals surface area contributed by atoms with E-state index in [0.717, 1.165) is 10.0 Å². The van der Waals surface area contributed by atoms with E-state index >= 15 is 0 Å². The van der Waals surface area contributed by atoms with Gasteiger partial charge in [-0.2, -0.15) is 0 Å². The van der Waals surface area contributed by atoms with Crippen molar-refractivity contribution in [3.63, 3.8) is 0 Å². The third-order valence-electron chi connectivity index (χ3n) is 2.03. The molecule has 14 heavy (non-hydrogen) atoms. The Labute approximate surface area is 94.0 Å². The third kappa shape index (κ3) is 1.41. The van der Waals surface area contributed by atoms with Crippen LogP contribution in [-0.4, -0.2) is 4.98 Å². The highest BCUT2D eigenvalue weighted by Crippen LogP contribution is 2.32. The number of aryl methyl sites for hydroxylation is 1. The first kappa shape index (κ1) is 9.87. The van der Waals surface area contributed by atoms with E-state index in [9.17, 15) is 4.39 Å². The number of nitrogens with zero attached hydrogens (tertiary/aromatic N) is 1. The van der Waals surface area contributed by atoms with Gasteiger partial charge in [-0.3, -0.25) is 4.98 Å². The molecule has 4 heteroatoms. The predicted octanol–water partition coefficient (Wildman–Crippen LogP) is 4.10. The van der Waals surface area contributed by atoms with Gasteiger partial charge in [-0.15, -0.1) is 0 Å². The molecule has 0 aliphatic heterocycles. The molecule has 2 rings (SSSR count). The van der Waals surface area contributed by atoms with Crippen molar-refractivity contribution < 1.29 is 4.39 Å². The Morgan fingerprint density at radius 3 is 2.86 bits per heavy atom. The second kappa shape index (κ2) is 3.48. The lowest BCUT2D eigenvalue weighted by Gasteiger charge is -2.05. The SMILES string of the molecule is Cc1cnc2c(F)ccc(Br)c2c1Cl. The standard InChI is InChI=1S/C10H6BrClFN/c1-5-4-14-10-7(13)3-2-6(11)8(10)9(5)12/h2-4H,1H3. The van der Waals surface area contributed by atoms with Gasteiger partial charge in [0, 0.05) is 16.1 Å². The van der Waals surface area contributed by atoms with E-state index in [2.05, 4.69) is 20.9 Å². The molecule has 72 valence electrons. The Bertz CT molecular complexity index is 513. The average molecular weight is 275 g/mol. The summed E-state index contributed by atoms with van der Waals surface area (Å²) in [7, 11) is 0. The van der Waals surface area contributed by atoms with Gasteiger partial charge in [0.2, 0.25) is 0 Å². The molecular weight excluding hydrogens is 268 g/mol. The molecule has 1 heterocycles. The highest BCUT2D eigenvalue weighted by Gasteiger charge is 2.10. The van der Waals surface area contributed by atoms with Gasteiger partial charge in [0.05, 0.1) is 5.02 Å². The highest BCUT2D eigenvalue weighted by atomic mass is 79.9. The molecule has 0 saturated heterocycles. The van der Waals surface area contributed by atoms with Crippen LogP contribution in [0.2, 0.25) is 5.02 Å². The first-order chi connectivity index (χ1) is 6.61. The van der Waals surface area contributed by atoms with Crippen molar-refractivity contribution in [2.24, 2.45) is 0 Å². The Hall–Kier alpha value is -0.670. The van der Waals surface area contributed by atoms with Crippen molar-refractivity contribution >= 4 is 38.4 Å². The molecule has 1 aromatic carbocycles. The van der Waals surface area contributed by atoms with E-state index in [1.54, 1.807) is 12.3 Å². The summed E-state index contributed by atoms with van der Waals surface area (Å²) in [6, 6.07) is 3.00. The fourth-order valence-corrected chi connectivity index (χ4v) is 2.16. The number of hydrogen-bond donors (Lipinski definition) is 0. The second-order valence-electron chi connectivity index (χ2n) is 3.01. The van der Waals surface area contributed by atoms with Crippen molar-refractivity contribution in [2.75, 3.05) is 0 Å². The molecule has 0 fully saturated rings. The first-order valence-corrected chi connectivity index (χ1v) is 5.17. The van der Waals surface area contributed by atoms with Crippen LogP contribution in [0.5, 0.6) is 0 Å². The molecular formula is C10H6BrClFN. The molecule has 0 unspecified atom stereocenters. The van der Waals surface area contributed by atoms with Crippen LogP contribution in [0, 0.1) is 12.7 Å². The maximum atomic E-state index is 13.3. The Kier molecular flexibility index (Phi) is 2.45. The molecule has 0 saturated carbocycles. The van der Waals surface area contributed by atoms with Crippen molar-refractivity contribution in [2.45, 2.75) is 6.92 Å². The number of pyridine rings is 1. The number of aromatic nitrogens is 1. The smallest absolute Gasteiger partial charge is 0.149 e. The van der Waals surface area contributed by atoms with Crippen molar-refractivity contribution in [3.8, 4) is 0 Å². The van der Waals surface area contributed by atoms with Crippen LogP contribution >= 0.6 is 27.5 Å². The minimum Gasteiger partial charge on any atom is -0.253 e. The van der Waals surface area contributed by atoms with E-state index in [1.807, 2.05) is 6.92 Å². The lowest BCUT2D eigenvalue weighted by atomic mass is 10.1. The average Bonchev–Trinajstić information content (AvgIpc) is 2.16. The molecule has 1 aromatic heterocycles. The number of rotatable bonds is 0. The Morgan fingerprint density at radius 1 is 1.43 bits per heavy atom. The van der Waals surface area contributed by atoms with Gasteiger partial charge in [0.1, 0.15) is 11.3 Å². The molecule has 0 N–H and O–H groups in total. The topological polar surface area (TPSA) is 12.9 Å². The molecule has 2 aromatic rings. The van der Waals surface area contributed by atoms with Crippen LogP contribution < -0.4 is 0 Å². The van der Waals surface area contributed by atoms with Crippen LogP contribution in [-0.2, 0) is 0 Å².